The summed E-state index contributed by atoms with van der Waals surface area (Å²) in [5.74, 6) is 1.95. The highest BCUT2D eigenvalue weighted by atomic mass is 32.1. The summed E-state index contributed by atoms with van der Waals surface area (Å²) < 4.78 is 11.2. The van der Waals surface area contributed by atoms with E-state index in [9.17, 15) is 0 Å². The van der Waals surface area contributed by atoms with Crippen LogP contribution in [0.3, 0.4) is 0 Å². The van der Waals surface area contributed by atoms with E-state index in [0.717, 1.165) is 94.1 Å². The molecule has 0 bridgehead atoms. The van der Waals surface area contributed by atoms with Crippen molar-refractivity contribution in [3.8, 4) is 73.2 Å². The fourth-order valence-corrected chi connectivity index (χ4v) is 11.3. The summed E-state index contributed by atoms with van der Waals surface area (Å²) in [7, 11) is 0. The van der Waals surface area contributed by atoms with Crippen molar-refractivity contribution < 1.29 is 4.42 Å². The van der Waals surface area contributed by atoms with Crippen LogP contribution in [0.2, 0.25) is 0 Å². The van der Waals surface area contributed by atoms with E-state index in [1.807, 2.05) is 48.5 Å². The molecule has 4 heterocycles. The van der Waals surface area contributed by atoms with Gasteiger partial charge in [0.25, 0.3) is 0 Å². The number of thiophene rings is 1. The van der Waals surface area contributed by atoms with E-state index in [1.165, 1.54) is 25.6 Å². The van der Waals surface area contributed by atoms with Crippen LogP contribution in [0.25, 0.3) is 137 Å². The van der Waals surface area contributed by atoms with Crippen LogP contribution >= 0.6 is 11.3 Å². The molecule has 0 saturated carbocycles. The normalized spacial score (nSPS) is 11.8. The number of fused-ring (bicyclic) bond motifs is 9. The fourth-order valence-electron chi connectivity index (χ4n) is 10.2. The van der Waals surface area contributed by atoms with Crippen LogP contribution in [0.5, 0.6) is 0 Å². The number of hydrogen-bond acceptors (Lipinski definition) is 5. The summed E-state index contributed by atoms with van der Waals surface area (Å²) in [5.41, 5.74) is 15.0. The molecule has 5 nitrogen and oxygen atoms in total. The maximum atomic E-state index is 6.41. The zero-order valence-electron chi connectivity index (χ0n) is 37.0. The van der Waals surface area contributed by atoms with Crippen molar-refractivity contribution in [3.05, 3.63) is 231 Å². The monoisotopic (exact) mass is 898 g/mol. The van der Waals surface area contributed by atoms with Crippen molar-refractivity contribution in [2.75, 3.05) is 0 Å². The van der Waals surface area contributed by atoms with Crippen molar-refractivity contribution >= 4 is 75.3 Å². The Morgan fingerprint density at radius 2 is 0.855 bits per heavy atom. The van der Waals surface area contributed by atoms with Gasteiger partial charge in [-0.05, 0) is 88.5 Å². The van der Waals surface area contributed by atoms with E-state index >= 15 is 0 Å². The second kappa shape index (κ2) is 15.8. The average molecular weight is 899 g/mol. The predicted molar refractivity (Wildman–Crippen MR) is 287 cm³/mol. The predicted octanol–water partition coefficient (Wildman–Crippen LogP) is 17.2. The summed E-state index contributed by atoms with van der Waals surface area (Å²) in [5, 5.41) is 7.00. The van der Waals surface area contributed by atoms with E-state index in [2.05, 4.69) is 187 Å². The fraction of sp³-hybridized carbons (Fsp3) is 0. The summed E-state index contributed by atoms with van der Waals surface area (Å²) in [4.78, 5) is 15.3. The van der Waals surface area contributed by atoms with Crippen molar-refractivity contribution in [2.24, 2.45) is 0 Å². The number of rotatable bonds is 7. The highest BCUT2D eigenvalue weighted by molar-refractivity contribution is 7.26. The molecular weight excluding hydrogens is 861 g/mol. The third kappa shape index (κ3) is 6.56. The van der Waals surface area contributed by atoms with Gasteiger partial charge in [-0.3, -0.25) is 0 Å². The van der Waals surface area contributed by atoms with E-state index < -0.39 is 0 Å². The standard InChI is InChI=1S/C63H38N4OS/c1-4-14-41(15-5-1)61-64-62(42-16-6-2-7-17-42)66-63(65-61)50-23-13-25-58-59(50)53-38-45(32-35-57(53)69-58)44-31-34-55-52(37-44)51-36-43(30-33-54(51)67(55)46-18-8-3-9-19-46)39-26-28-40(29-27-39)47-21-12-22-49-48-20-10-11-24-56(48)68-60(47)49/h1-38H. The minimum Gasteiger partial charge on any atom is -0.455 e. The Kier molecular flexibility index (Phi) is 9.00. The lowest BCUT2D eigenvalue weighted by atomic mass is 9.97. The molecule has 0 saturated heterocycles. The number of benzene rings is 10. The summed E-state index contributed by atoms with van der Waals surface area (Å²) in [6, 6.07) is 81.8. The first-order chi connectivity index (χ1) is 34.2. The van der Waals surface area contributed by atoms with Gasteiger partial charge in [0, 0.05) is 69.7 Å². The van der Waals surface area contributed by atoms with Crippen LogP contribution in [-0.4, -0.2) is 19.5 Å². The molecule has 10 aromatic carbocycles. The Labute approximate surface area is 400 Å². The first-order valence-corrected chi connectivity index (χ1v) is 24.0. The number of para-hydroxylation sites is 3. The molecule has 0 N–H and O–H groups in total. The minimum absolute atomic E-state index is 0.650. The maximum absolute atomic E-state index is 6.41. The largest absolute Gasteiger partial charge is 0.455 e. The molecule has 0 fully saturated rings. The second-order valence-electron chi connectivity index (χ2n) is 17.5. The Balaban J connectivity index is 0.896. The van der Waals surface area contributed by atoms with Gasteiger partial charge in [-0.1, -0.05) is 170 Å². The number of hydrogen-bond donors (Lipinski definition) is 0. The van der Waals surface area contributed by atoms with Crippen LogP contribution in [0.4, 0.5) is 0 Å². The van der Waals surface area contributed by atoms with Crippen LogP contribution in [0, 0.1) is 0 Å². The quantitative estimate of drug-likeness (QED) is 0.160. The number of furan rings is 1. The van der Waals surface area contributed by atoms with Crippen molar-refractivity contribution in [1.29, 1.82) is 0 Å². The maximum Gasteiger partial charge on any atom is 0.164 e. The van der Waals surface area contributed by atoms with Gasteiger partial charge in [-0.2, -0.15) is 0 Å². The molecule has 14 aromatic rings. The highest BCUT2D eigenvalue weighted by Crippen LogP contribution is 2.43. The first kappa shape index (κ1) is 39.2. The zero-order chi connectivity index (χ0) is 45.4. The third-order valence-corrected chi connectivity index (χ3v) is 14.6. The van der Waals surface area contributed by atoms with Crippen molar-refractivity contribution in [3.63, 3.8) is 0 Å². The molecule has 4 aromatic heterocycles. The number of nitrogens with zero attached hydrogens (tertiary/aromatic N) is 4. The van der Waals surface area contributed by atoms with Crippen LogP contribution in [-0.2, 0) is 0 Å². The lowest BCUT2D eigenvalue weighted by Gasteiger charge is -2.10. The molecule has 0 spiro atoms. The Morgan fingerprint density at radius 1 is 0.333 bits per heavy atom. The van der Waals surface area contributed by atoms with E-state index in [1.54, 1.807) is 11.3 Å². The van der Waals surface area contributed by atoms with Gasteiger partial charge >= 0.3 is 0 Å². The first-order valence-electron chi connectivity index (χ1n) is 23.2. The van der Waals surface area contributed by atoms with Crippen molar-refractivity contribution in [2.45, 2.75) is 0 Å². The smallest absolute Gasteiger partial charge is 0.164 e. The van der Waals surface area contributed by atoms with Gasteiger partial charge < -0.3 is 8.98 Å². The van der Waals surface area contributed by atoms with Gasteiger partial charge in [0.2, 0.25) is 0 Å². The molecule has 0 aliphatic carbocycles. The van der Waals surface area contributed by atoms with E-state index in [-0.39, 0.29) is 0 Å². The third-order valence-electron chi connectivity index (χ3n) is 13.5. The van der Waals surface area contributed by atoms with E-state index in [0.29, 0.717) is 17.5 Å². The minimum atomic E-state index is 0.650. The van der Waals surface area contributed by atoms with Gasteiger partial charge in [0.05, 0.1) is 11.0 Å². The van der Waals surface area contributed by atoms with Gasteiger partial charge in [-0.25, -0.2) is 15.0 Å². The molecule has 6 heteroatoms. The van der Waals surface area contributed by atoms with Crippen LogP contribution in [0.1, 0.15) is 0 Å². The van der Waals surface area contributed by atoms with Crippen molar-refractivity contribution in [1.82, 2.24) is 19.5 Å². The molecule has 0 atom stereocenters. The SMILES string of the molecule is c1ccc(-c2nc(-c3ccccc3)nc(-c3cccc4sc5ccc(-c6ccc7c(c6)c6cc(-c8ccc(-c9cccc%10c9oc9ccccc9%10)cc8)ccc6n7-c6ccccc6)cc5c34)n2)cc1. The lowest BCUT2D eigenvalue weighted by Crippen LogP contribution is -2.00. The molecule has 0 amide bonds. The molecule has 322 valence electrons. The molecule has 0 unspecified atom stereocenters. The topological polar surface area (TPSA) is 56.7 Å². The zero-order valence-corrected chi connectivity index (χ0v) is 37.9. The molecule has 14 rings (SSSR count). The average Bonchev–Trinajstić information content (AvgIpc) is 4.10. The summed E-state index contributed by atoms with van der Waals surface area (Å²) in [6.45, 7) is 0. The van der Waals surface area contributed by atoms with Crippen LogP contribution < -0.4 is 0 Å². The molecular formula is C63H38N4OS. The Morgan fingerprint density at radius 3 is 1.55 bits per heavy atom. The Bertz CT molecular complexity index is 4230. The molecule has 0 radical (unpaired) electrons. The number of aromatic nitrogens is 4. The molecule has 69 heavy (non-hydrogen) atoms. The molecule has 0 aliphatic heterocycles. The van der Waals surface area contributed by atoms with Gasteiger partial charge in [0.1, 0.15) is 11.2 Å². The lowest BCUT2D eigenvalue weighted by molar-refractivity contribution is 0.670. The van der Waals surface area contributed by atoms with Crippen LogP contribution in [0.15, 0.2) is 235 Å². The second-order valence-corrected chi connectivity index (χ2v) is 18.6. The molecule has 0 aliphatic rings. The Hall–Kier alpha value is -8.97. The summed E-state index contributed by atoms with van der Waals surface area (Å²) >= 11 is 1.80. The summed E-state index contributed by atoms with van der Waals surface area (Å²) in [6.07, 6.45) is 0. The highest BCUT2D eigenvalue weighted by Gasteiger charge is 2.20. The van der Waals surface area contributed by atoms with E-state index in [4.69, 9.17) is 19.4 Å². The van der Waals surface area contributed by atoms with Gasteiger partial charge in [0.15, 0.2) is 17.5 Å². The van der Waals surface area contributed by atoms with Gasteiger partial charge in [-0.15, -0.1) is 11.3 Å².